The number of piperazine rings is 1. The molecule has 120 valence electrons. The minimum atomic E-state index is -0.217. The van der Waals surface area contributed by atoms with Crippen LogP contribution in [0.25, 0.3) is 0 Å². The van der Waals surface area contributed by atoms with Gasteiger partial charge in [-0.2, -0.15) is 0 Å². The number of amides is 2. The van der Waals surface area contributed by atoms with Crippen LogP contribution in [0.1, 0.15) is 12.0 Å². The zero-order chi connectivity index (χ0) is 15.9. The highest BCUT2D eigenvalue weighted by atomic mass is 35.5. The number of carbonyl (C=O) groups is 2. The van der Waals surface area contributed by atoms with Gasteiger partial charge in [-0.1, -0.05) is 23.7 Å². The van der Waals surface area contributed by atoms with E-state index in [1.807, 2.05) is 31.3 Å². The van der Waals surface area contributed by atoms with Crippen LogP contribution in [0.4, 0.5) is 0 Å². The summed E-state index contributed by atoms with van der Waals surface area (Å²) in [5.41, 5.74) is 1.07. The molecule has 5 nitrogen and oxygen atoms in total. The van der Waals surface area contributed by atoms with Gasteiger partial charge in [0.15, 0.2) is 0 Å². The van der Waals surface area contributed by atoms with Crippen molar-refractivity contribution in [2.45, 2.75) is 12.8 Å². The van der Waals surface area contributed by atoms with E-state index in [0.717, 1.165) is 18.7 Å². The van der Waals surface area contributed by atoms with Crippen LogP contribution in [0, 0.1) is 0 Å². The number of hydrogen-bond donors (Lipinski definition) is 1. The summed E-state index contributed by atoms with van der Waals surface area (Å²) < 4.78 is 0. The highest BCUT2D eigenvalue weighted by Crippen LogP contribution is 2.10. The van der Waals surface area contributed by atoms with E-state index in [1.165, 1.54) is 0 Å². The van der Waals surface area contributed by atoms with E-state index in [-0.39, 0.29) is 18.2 Å². The molecular weight excluding hydrogens is 302 g/mol. The molecule has 1 N–H and O–H groups in total. The third-order valence-corrected chi connectivity index (χ3v) is 4.03. The third kappa shape index (κ3) is 5.31. The second-order valence-corrected chi connectivity index (χ2v) is 6.03. The number of nitrogens with zero attached hydrogens (tertiary/aromatic N) is 2. The van der Waals surface area contributed by atoms with Gasteiger partial charge in [0.2, 0.25) is 11.8 Å². The van der Waals surface area contributed by atoms with Crippen molar-refractivity contribution < 1.29 is 9.59 Å². The fourth-order valence-corrected chi connectivity index (χ4v) is 2.62. The van der Waals surface area contributed by atoms with Gasteiger partial charge in [0, 0.05) is 37.7 Å². The number of carbonyl (C=O) groups excluding carboxylic acids is 2. The van der Waals surface area contributed by atoms with Crippen LogP contribution in [-0.2, 0) is 16.0 Å². The predicted octanol–water partition coefficient (Wildman–Crippen LogP) is 1.16. The molecule has 0 unspecified atom stereocenters. The zero-order valence-corrected chi connectivity index (χ0v) is 13.6. The average Bonchev–Trinajstić information content (AvgIpc) is 2.48. The Morgan fingerprint density at radius 3 is 2.64 bits per heavy atom. The first-order chi connectivity index (χ1) is 10.5. The van der Waals surface area contributed by atoms with Crippen LogP contribution in [0.2, 0.25) is 5.02 Å². The third-order valence-electron chi connectivity index (χ3n) is 3.79. The molecule has 0 aliphatic carbocycles. The summed E-state index contributed by atoms with van der Waals surface area (Å²) in [4.78, 5) is 27.8. The smallest absolute Gasteiger partial charge is 0.232 e. The lowest BCUT2D eigenvalue weighted by atomic mass is 10.1. The van der Waals surface area contributed by atoms with Crippen molar-refractivity contribution in [1.82, 2.24) is 15.1 Å². The maximum Gasteiger partial charge on any atom is 0.232 e. The summed E-state index contributed by atoms with van der Waals surface area (Å²) in [6, 6.07) is 7.55. The molecule has 1 aromatic rings. The highest BCUT2D eigenvalue weighted by molar-refractivity contribution is 6.30. The monoisotopic (exact) mass is 323 g/mol. The van der Waals surface area contributed by atoms with Gasteiger partial charge in [0.1, 0.15) is 6.42 Å². The van der Waals surface area contributed by atoms with Crippen molar-refractivity contribution in [2.75, 3.05) is 39.8 Å². The van der Waals surface area contributed by atoms with Gasteiger partial charge in [0.05, 0.1) is 0 Å². The van der Waals surface area contributed by atoms with E-state index in [0.29, 0.717) is 31.1 Å². The zero-order valence-electron chi connectivity index (χ0n) is 12.8. The lowest BCUT2D eigenvalue weighted by Crippen LogP contribution is -2.48. The predicted molar refractivity (Wildman–Crippen MR) is 86.9 cm³/mol. The molecule has 0 aromatic heterocycles. The summed E-state index contributed by atoms with van der Waals surface area (Å²) >= 11 is 5.91. The standard InChI is InChI=1S/C16H22ClN3O2/c1-19-7-9-20(10-8-19)16(22)12-15(21)18-6-5-13-3-2-4-14(17)11-13/h2-4,11H,5-10,12H2,1H3,(H,18,21). The maximum absolute atomic E-state index is 12.0. The molecule has 0 spiro atoms. The van der Waals surface area contributed by atoms with Gasteiger partial charge in [-0.05, 0) is 31.2 Å². The minimum Gasteiger partial charge on any atom is -0.355 e. The van der Waals surface area contributed by atoms with Crippen LogP contribution in [-0.4, -0.2) is 61.4 Å². The van der Waals surface area contributed by atoms with Gasteiger partial charge < -0.3 is 15.1 Å². The average molecular weight is 324 g/mol. The first kappa shape index (κ1) is 16.8. The number of rotatable bonds is 5. The van der Waals surface area contributed by atoms with Crippen molar-refractivity contribution in [2.24, 2.45) is 0 Å². The molecule has 1 saturated heterocycles. The molecule has 1 aliphatic heterocycles. The van der Waals surface area contributed by atoms with Gasteiger partial charge in [-0.25, -0.2) is 0 Å². The molecule has 0 radical (unpaired) electrons. The molecule has 1 heterocycles. The van der Waals surface area contributed by atoms with Gasteiger partial charge in [-0.3, -0.25) is 9.59 Å². The van der Waals surface area contributed by atoms with Crippen molar-refractivity contribution >= 4 is 23.4 Å². The number of likely N-dealkylation sites (N-methyl/N-ethyl adjacent to an activating group) is 1. The van der Waals surface area contributed by atoms with Crippen molar-refractivity contribution in [1.29, 1.82) is 0 Å². The molecule has 0 saturated carbocycles. The Balaban J connectivity index is 1.68. The molecule has 0 bridgehead atoms. The van der Waals surface area contributed by atoms with Gasteiger partial charge >= 0.3 is 0 Å². The normalized spacial score (nSPS) is 15.6. The van der Waals surface area contributed by atoms with Gasteiger partial charge in [0.25, 0.3) is 0 Å². The topological polar surface area (TPSA) is 52.7 Å². The second-order valence-electron chi connectivity index (χ2n) is 5.59. The Kier molecular flexibility index (Phi) is 6.21. The molecule has 1 fully saturated rings. The largest absolute Gasteiger partial charge is 0.355 e. The summed E-state index contributed by atoms with van der Waals surface area (Å²) in [6.45, 7) is 3.63. The van der Waals surface area contributed by atoms with Crippen molar-refractivity contribution in [3.05, 3.63) is 34.9 Å². The summed E-state index contributed by atoms with van der Waals surface area (Å²) in [5.74, 6) is -0.306. The van der Waals surface area contributed by atoms with Gasteiger partial charge in [-0.15, -0.1) is 0 Å². The van der Waals surface area contributed by atoms with Crippen molar-refractivity contribution in [3.63, 3.8) is 0 Å². The molecule has 0 atom stereocenters. The number of nitrogens with one attached hydrogen (secondary N) is 1. The van der Waals surface area contributed by atoms with E-state index >= 15 is 0 Å². The number of halogens is 1. The van der Waals surface area contributed by atoms with E-state index in [9.17, 15) is 9.59 Å². The van der Waals surface area contributed by atoms with Crippen molar-refractivity contribution in [3.8, 4) is 0 Å². The Morgan fingerprint density at radius 2 is 1.95 bits per heavy atom. The fraction of sp³-hybridized carbons (Fsp3) is 0.500. The number of hydrogen-bond acceptors (Lipinski definition) is 3. The van der Waals surface area contributed by atoms with Crippen LogP contribution < -0.4 is 5.32 Å². The first-order valence-electron chi connectivity index (χ1n) is 7.52. The molecule has 6 heteroatoms. The maximum atomic E-state index is 12.0. The van der Waals surface area contributed by atoms with Crippen LogP contribution in [0.5, 0.6) is 0 Å². The van der Waals surface area contributed by atoms with E-state index < -0.39 is 0 Å². The Bertz CT molecular complexity index is 528. The lowest BCUT2D eigenvalue weighted by Gasteiger charge is -2.32. The lowest BCUT2D eigenvalue weighted by molar-refractivity contribution is -0.137. The minimum absolute atomic E-state index is 0.0702. The van der Waals surface area contributed by atoms with Crippen LogP contribution >= 0.6 is 11.6 Å². The summed E-state index contributed by atoms with van der Waals surface area (Å²) in [7, 11) is 2.03. The molecule has 2 rings (SSSR count). The van der Waals surface area contributed by atoms with E-state index in [1.54, 1.807) is 4.90 Å². The molecule has 1 aromatic carbocycles. The Hall–Kier alpha value is -1.59. The second kappa shape index (κ2) is 8.15. The SMILES string of the molecule is CN1CCN(C(=O)CC(=O)NCCc2cccc(Cl)c2)CC1. The van der Waals surface area contributed by atoms with Crippen LogP contribution in [0.15, 0.2) is 24.3 Å². The summed E-state index contributed by atoms with van der Waals surface area (Å²) in [6.07, 6.45) is 0.633. The van der Waals surface area contributed by atoms with E-state index in [2.05, 4.69) is 10.2 Å². The highest BCUT2D eigenvalue weighted by Gasteiger charge is 2.20. The van der Waals surface area contributed by atoms with Crippen LogP contribution in [0.3, 0.4) is 0 Å². The molecule has 22 heavy (non-hydrogen) atoms. The Labute approximate surface area is 136 Å². The first-order valence-corrected chi connectivity index (χ1v) is 7.90. The molecular formula is C16H22ClN3O2. The quantitative estimate of drug-likeness (QED) is 0.827. The number of benzene rings is 1. The Morgan fingerprint density at radius 1 is 1.23 bits per heavy atom. The van der Waals surface area contributed by atoms with E-state index in [4.69, 9.17) is 11.6 Å². The fourth-order valence-electron chi connectivity index (χ4n) is 2.41. The summed E-state index contributed by atoms with van der Waals surface area (Å²) in [5, 5.41) is 3.48. The molecule has 1 aliphatic rings. The molecule has 2 amide bonds.